The zero-order valence-corrected chi connectivity index (χ0v) is 15.0. The van der Waals surface area contributed by atoms with Crippen molar-refractivity contribution in [2.75, 3.05) is 7.11 Å². The third-order valence-electron chi connectivity index (χ3n) is 4.46. The number of benzene rings is 2. The molecule has 1 unspecified atom stereocenters. The van der Waals surface area contributed by atoms with Gasteiger partial charge in [-0.25, -0.2) is 4.79 Å². The molecule has 1 atom stereocenters. The van der Waals surface area contributed by atoms with Crippen LogP contribution in [-0.4, -0.2) is 18.5 Å². The van der Waals surface area contributed by atoms with Crippen LogP contribution in [0.15, 0.2) is 30.4 Å². The van der Waals surface area contributed by atoms with Crippen LogP contribution in [0.2, 0.25) is 0 Å². The quantitative estimate of drug-likeness (QED) is 0.349. The molecule has 0 aliphatic heterocycles. The van der Waals surface area contributed by atoms with E-state index < -0.39 is 5.97 Å². The highest BCUT2D eigenvalue weighted by atomic mass is 35.5. The van der Waals surface area contributed by atoms with Crippen molar-refractivity contribution in [1.82, 2.24) is 0 Å². The Morgan fingerprint density at radius 3 is 2.67 bits per heavy atom. The predicted octanol–water partition coefficient (Wildman–Crippen LogP) is 4.73. The number of esters is 1. The van der Waals surface area contributed by atoms with Gasteiger partial charge in [0.05, 0.1) is 7.11 Å². The summed E-state index contributed by atoms with van der Waals surface area (Å²) in [4.78, 5) is 12.2. The number of aryl methyl sites for hydroxylation is 1. The average Bonchev–Trinajstić information content (AvgIpc) is 2.54. The van der Waals surface area contributed by atoms with E-state index in [1.54, 1.807) is 14.0 Å². The van der Waals surface area contributed by atoms with E-state index in [2.05, 4.69) is 12.6 Å². The van der Waals surface area contributed by atoms with Crippen molar-refractivity contribution in [3.8, 4) is 11.5 Å². The lowest BCUT2D eigenvalue weighted by molar-refractivity contribution is -0.130. The predicted molar refractivity (Wildman–Crippen MR) is 97.4 cm³/mol. The second kappa shape index (κ2) is 6.48. The van der Waals surface area contributed by atoms with Crippen molar-refractivity contribution in [2.45, 2.75) is 38.5 Å². The first kappa shape index (κ1) is 16.8. The number of hydrogen-bond donors (Lipinski definition) is 0. The van der Waals surface area contributed by atoms with E-state index in [4.69, 9.17) is 21.1 Å². The maximum Gasteiger partial charge on any atom is 0.338 e. The Morgan fingerprint density at radius 1 is 1.25 bits per heavy atom. The molecule has 0 radical (unpaired) electrons. The molecular weight excluding hydrogens is 324 g/mol. The van der Waals surface area contributed by atoms with Crippen molar-refractivity contribution in [3.05, 3.63) is 47.0 Å². The van der Waals surface area contributed by atoms with Gasteiger partial charge < -0.3 is 9.47 Å². The molecule has 0 spiro atoms. The van der Waals surface area contributed by atoms with Crippen LogP contribution < -0.4 is 9.47 Å². The molecule has 2 aromatic rings. The summed E-state index contributed by atoms with van der Waals surface area (Å²) in [5, 5.41) is 1.87. The molecule has 0 aromatic heterocycles. The first-order chi connectivity index (χ1) is 11.4. The number of carbonyl (C=O) groups excluding carboxylic acids is 1. The Kier molecular flexibility index (Phi) is 4.55. The van der Waals surface area contributed by atoms with E-state index in [0.717, 1.165) is 46.1 Å². The summed E-state index contributed by atoms with van der Waals surface area (Å²) in [6, 6.07) is 6.05. The molecule has 4 heteroatoms. The highest BCUT2D eigenvalue weighted by Crippen LogP contribution is 2.45. The van der Waals surface area contributed by atoms with E-state index >= 15 is 0 Å². The van der Waals surface area contributed by atoms with Crippen LogP contribution in [0.4, 0.5) is 0 Å². The number of hydrogen-bond acceptors (Lipinski definition) is 3. The molecule has 3 rings (SSSR count). The number of alkyl halides is 1. The normalized spacial score (nSPS) is 16.6. The minimum absolute atomic E-state index is 0.0346. The minimum Gasteiger partial charge on any atom is -0.496 e. The smallest absolute Gasteiger partial charge is 0.338 e. The van der Waals surface area contributed by atoms with Crippen molar-refractivity contribution in [3.63, 3.8) is 0 Å². The van der Waals surface area contributed by atoms with E-state index in [0.29, 0.717) is 17.7 Å². The highest BCUT2D eigenvalue weighted by Gasteiger charge is 2.28. The van der Waals surface area contributed by atoms with Gasteiger partial charge in [-0.1, -0.05) is 24.3 Å². The van der Waals surface area contributed by atoms with Crippen LogP contribution in [0.5, 0.6) is 11.5 Å². The average molecular weight is 345 g/mol. The summed E-state index contributed by atoms with van der Waals surface area (Å²) < 4.78 is 11.4. The summed E-state index contributed by atoms with van der Waals surface area (Å²) in [6.07, 6.45) is 2.36. The lowest BCUT2D eigenvalue weighted by Crippen LogP contribution is -2.19. The first-order valence-corrected chi connectivity index (χ1v) is 8.49. The molecule has 1 aliphatic rings. The Bertz CT molecular complexity index is 839. The highest BCUT2D eigenvalue weighted by molar-refractivity contribution is 6.21. The topological polar surface area (TPSA) is 35.5 Å². The SMILES string of the molecule is C=C(C)C(=O)Oc1c2c(c(OC)c3cc(C)ccc13)CCC(Cl)C2. The molecule has 126 valence electrons. The van der Waals surface area contributed by atoms with Crippen LogP contribution >= 0.6 is 11.6 Å². The molecule has 0 bridgehead atoms. The Labute approximate surface area is 147 Å². The summed E-state index contributed by atoms with van der Waals surface area (Å²) in [5.74, 6) is 1.04. The number of ether oxygens (including phenoxy) is 2. The molecule has 0 saturated carbocycles. The van der Waals surface area contributed by atoms with Crippen LogP contribution in [-0.2, 0) is 17.6 Å². The Balaban J connectivity index is 2.32. The fraction of sp³-hybridized carbons (Fsp3) is 0.350. The Hall–Kier alpha value is -2.00. The van der Waals surface area contributed by atoms with Crippen LogP contribution in [0.25, 0.3) is 10.8 Å². The fourth-order valence-corrected chi connectivity index (χ4v) is 3.54. The maximum absolute atomic E-state index is 12.2. The molecular formula is C20H21ClO3. The van der Waals surface area contributed by atoms with Gasteiger partial charge >= 0.3 is 5.97 Å². The van der Waals surface area contributed by atoms with Crippen molar-refractivity contribution >= 4 is 28.3 Å². The number of halogens is 1. The van der Waals surface area contributed by atoms with Gasteiger partial charge in [0.25, 0.3) is 0 Å². The van der Waals surface area contributed by atoms with Crippen LogP contribution in [0, 0.1) is 6.92 Å². The standard InChI is InChI=1S/C20H21ClO3/c1-11(2)20(22)24-19-15-7-5-12(3)9-16(15)18(23-4)14-8-6-13(21)10-17(14)19/h5,7,9,13H,1,6,8,10H2,2-4H3. The van der Waals surface area contributed by atoms with Crippen molar-refractivity contribution < 1.29 is 14.3 Å². The minimum atomic E-state index is -0.416. The fourth-order valence-electron chi connectivity index (χ4n) is 3.28. The molecule has 0 N–H and O–H groups in total. The zero-order chi connectivity index (χ0) is 17.4. The van der Waals surface area contributed by atoms with E-state index in [-0.39, 0.29) is 5.38 Å². The van der Waals surface area contributed by atoms with Gasteiger partial charge in [0, 0.05) is 32.8 Å². The molecule has 24 heavy (non-hydrogen) atoms. The third kappa shape index (κ3) is 2.89. The molecule has 3 nitrogen and oxygen atoms in total. The van der Waals surface area contributed by atoms with E-state index in [1.807, 2.05) is 19.1 Å². The molecule has 0 saturated heterocycles. The molecule has 0 heterocycles. The van der Waals surface area contributed by atoms with E-state index in [1.165, 1.54) is 0 Å². The summed E-state index contributed by atoms with van der Waals surface area (Å²) in [7, 11) is 1.68. The lowest BCUT2D eigenvalue weighted by atomic mass is 9.86. The van der Waals surface area contributed by atoms with Gasteiger partial charge in [-0.15, -0.1) is 11.6 Å². The zero-order valence-electron chi connectivity index (χ0n) is 14.2. The van der Waals surface area contributed by atoms with E-state index in [9.17, 15) is 4.79 Å². The number of methoxy groups -OCH3 is 1. The van der Waals surface area contributed by atoms with Crippen molar-refractivity contribution in [1.29, 1.82) is 0 Å². The second-order valence-electron chi connectivity index (χ2n) is 6.38. The largest absolute Gasteiger partial charge is 0.496 e. The van der Waals surface area contributed by atoms with Gasteiger partial charge in [0.2, 0.25) is 0 Å². The molecule has 1 aliphatic carbocycles. The van der Waals surface area contributed by atoms with Gasteiger partial charge in [0.15, 0.2) is 0 Å². The summed E-state index contributed by atoms with van der Waals surface area (Å²) >= 11 is 6.39. The number of fused-ring (bicyclic) bond motifs is 2. The van der Waals surface area contributed by atoms with Gasteiger partial charge in [-0.05, 0) is 39.2 Å². The van der Waals surface area contributed by atoms with Gasteiger partial charge in [-0.3, -0.25) is 0 Å². The summed E-state index contributed by atoms with van der Waals surface area (Å²) in [5.41, 5.74) is 3.57. The van der Waals surface area contributed by atoms with Crippen LogP contribution in [0.3, 0.4) is 0 Å². The molecule has 2 aromatic carbocycles. The number of carbonyl (C=O) groups is 1. The number of rotatable bonds is 3. The molecule has 0 fully saturated rings. The third-order valence-corrected chi connectivity index (χ3v) is 4.83. The molecule has 0 amide bonds. The first-order valence-electron chi connectivity index (χ1n) is 8.06. The monoisotopic (exact) mass is 344 g/mol. The lowest BCUT2D eigenvalue weighted by Gasteiger charge is -2.26. The maximum atomic E-state index is 12.2. The van der Waals surface area contributed by atoms with Crippen LogP contribution in [0.1, 0.15) is 30.0 Å². The summed E-state index contributed by atoms with van der Waals surface area (Å²) in [6.45, 7) is 7.36. The van der Waals surface area contributed by atoms with Gasteiger partial charge in [-0.2, -0.15) is 0 Å². The second-order valence-corrected chi connectivity index (χ2v) is 7.00. The van der Waals surface area contributed by atoms with Crippen molar-refractivity contribution in [2.24, 2.45) is 0 Å². The van der Waals surface area contributed by atoms with Gasteiger partial charge in [0.1, 0.15) is 11.5 Å². The Morgan fingerprint density at radius 2 is 2.00 bits per heavy atom.